The Bertz CT molecular complexity index is 2530. The van der Waals surface area contributed by atoms with E-state index in [-0.39, 0.29) is 27.1 Å². The molecule has 1 saturated heterocycles. The van der Waals surface area contributed by atoms with Crippen LogP contribution in [-0.4, -0.2) is 68.0 Å². The van der Waals surface area contributed by atoms with E-state index >= 15 is 0 Å². The second-order valence-corrected chi connectivity index (χ2v) is 17.2. The zero-order chi connectivity index (χ0) is 39.3. The number of ketones is 1. The third kappa shape index (κ3) is 8.84. The number of carbonyl (C=O) groups is 1. The van der Waals surface area contributed by atoms with Gasteiger partial charge in [0, 0.05) is 32.6 Å². The van der Waals surface area contributed by atoms with Crippen molar-refractivity contribution >= 4 is 47.4 Å². The third-order valence-corrected chi connectivity index (χ3v) is 13.1. The maximum absolute atomic E-state index is 14.4. The number of thiophene rings is 1. The van der Waals surface area contributed by atoms with Crippen molar-refractivity contribution in [3.05, 3.63) is 126 Å². The van der Waals surface area contributed by atoms with Crippen molar-refractivity contribution < 1.29 is 44.2 Å². The van der Waals surface area contributed by atoms with Gasteiger partial charge in [-0.25, -0.2) is 0 Å². The second-order valence-electron chi connectivity index (χ2n) is 13.0. The van der Waals surface area contributed by atoms with E-state index in [2.05, 4.69) is 4.90 Å². The van der Waals surface area contributed by atoms with Crippen molar-refractivity contribution in [2.75, 3.05) is 40.5 Å². The van der Waals surface area contributed by atoms with Gasteiger partial charge in [-0.15, -0.1) is 11.3 Å². The fraction of sp³-hybridized carbons (Fsp3) is 0.214. The fourth-order valence-corrected chi connectivity index (χ4v) is 9.46. The normalized spacial score (nSPS) is 13.6. The minimum absolute atomic E-state index is 0.0368. The van der Waals surface area contributed by atoms with Crippen LogP contribution in [0.25, 0.3) is 20.5 Å². The van der Waals surface area contributed by atoms with Gasteiger partial charge in [0.2, 0.25) is 0 Å². The number of hydrogen-bond acceptors (Lipinski definition) is 12. The van der Waals surface area contributed by atoms with Crippen LogP contribution in [0, 0.1) is 0 Å². The van der Waals surface area contributed by atoms with Crippen molar-refractivity contribution in [2.45, 2.75) is 29.1 Å². The molecule has 0 bridgehead atoms. The van der Waals surface area contributed by atoms with Crippen molar-refractivity contribution in [1.29, 1.82) is 0 Å². The molecule has 0 radical (unpaired) electrons. The van der Waals surface area contributed by atoms with Gasteiger partial charge in [-0.3, -0.25) is 9.69 Å². The van der Waals surface area contributed by atoms with Crippen LogP contribution in [-0.2, 0) is 20.2 Å². The molecular weight excluding hydrogens is 775 g/mol. The topological polar surface area (TPSA) is 135 Å². The number of hydrogen-bond donors (Lipinski definition) is 0. The van der Waals surface area contributed by atoms with Gasteiger partial charge in [-0.05, 0) is 147 Å². The Morgan fingerprint density at radius 2 is 1.14 bits per heavy atom. The summed E-state index contributed by atoms with van der Waals surface area (Å²) in [5.74, 6) is 1.56. The molecule has 2 heterocycles. The smallest absolute Gasteiger partial charge is 0.339 e. The minimum atomic E-state index is -4.18. The molecule has 1 fully saturated rings. The highest BCUT2D eigenvalue weighted by Gasteiger charge is 2.24. The predicted octanol–water partition coefficient (Wildman–Crippen LogP) is 8.22. The zero-order valence-electron chi connectivity index (χ0n) is 30.7. The Hall–Kier alpha value is -5.41. The van der Waals surface area contributed by atoms with Crippen LogP contribution in [0.1, 0.15) is 35.2 Å². The molecule has 1 aromatic heterocycles. The Kier molecular flexibility index (Phi) is 11.6. The highest BCUT2D eigenvalue weighted by atomic mass is 32.2. The monoisotopic (exact) mass is 813 g/mol. The van der Waals surface area contributed by atoms with E-state index in [1.165, 1.54) is 112 Å². The summed E-state index contributed by atoms with van der Waals surface area (Å²) in [5.41, 5.74) is 1.45. The summed E-state index contributed by atoms with van der Waals surface area (Å²) in [6.07, 6.45) is 3.68. The van der Waals surface area contributed by atoms with Crippen LogP contribution < -0.4 is 22.6 Å². The Morgan fingerprint density at radius 3 is 1.71 bits per heavy atom. The van der Waals surface area contributed by atoms with Gasteiger partial charge in [0.25, 0.3) is 0 Å². The van der Waals surface area contributed by atoms with Gasteiger partial charge < -0.3 is 22.6 Å². The van der Waals surface area contributed by atoms with Gasteiger partial charge in [0.15, 0.2) is 5.78 Å². The standard InChI is InChI=1S/C42H39NO10S3/c1-49-31-14-19-36(20-15-31)55(45,46)52-34-12-8-30(9-13-34)42-40(41(44)29-6-10-33(11-7-29)51-27-26-43-24-4-3-5-25-43)38-23-18-35(28-39(38)54-42)53-56(47,48)37-21-16-32(50-2)17-22-37/h6-23,28H,3-5,24-27H2,1-2H3. The lowest BCUT2D eigenvalue weighted by Gasteiger charge is -2.26. The van der Waals surface area contributed by atoms with Crippen LogP contribution in [0.15, 0.2) is 125 Å². The van der Waals surface area contributed by atoms with Crippen LogP contribution in [0.5, 0.6) is 28.7 Å². The number of nitrogens with zero attached hydrogens (tertiary/aromatic N) is 1. The lowest BCUT2D eigenvalue weighted by atomic mass is 9.97. The van der Waals surface area contributed by atoms with Gasteiger partial charge in [-0.1, -0.05) is 6.42 Å². The van der Waals surface area contributed by atoms with E-state index in [4.69, 9.17) is 22.6 Å². The molecule has 56 heavy (non-hydrogen) atoms. The number of rotatable bonds is 15. The number of methoxy groups -OCH3 is 2. The largest absolute Gasteiger partial charge is 0.497 e. The molecule has 0 unspecified atom stereocenters. The Labute approximate surface area is 330 Å². The van der Waals surface area contributed by atoms with E-state index in [9.17, 15) is 21.6 Å². The lowest BCUT2D eigenvalue weighted by Crippen LogP contribution is -2.33. The average Bonchev–Trinajstić information content (AvgIpc) is 3.60. The molecule has 6 aromatic rings. The summed E-state index contributed by atoms with van der Waals surface area (Å²) in [6, 6.07) is 29.8. The highest BCUT2D eigenvalue weighted by Crippen LogP contribution is 2.42. The zero-order valence-corrected chi connectivity index (χ0v) is 33.1. The number of likely N-dealkylation sites (tertiary alicyclic amines) is 1. The van der Waals surface area contributed by atoms with E-state index in [0.717, 1.165) is 19.6 Å². The van der Waals surface area contributed by atoms with E-state index in [0.29, 0.717) is 55.5 Å². The molecule has 0 atom stereocenters. The van der Waals surface area contributed by atoms with E-state index in [1.54, 1.807) is 48.5 Å². The summed E-state index contributed by atoms with van der Waals surface area (Å²) in [6.45, 7) is 3.55. The van der Waals surface area contributed by atoms with Crippen LogP contribution in [0.2, 0.25) is 0 Å². The second kappa shape index (κ2) is 16.8. The SMILES string of the molecule is COc1ccc(S(=O)(=O)Oc2ccc(-c3sc4cc(OS(=O)(=O)c5ccc(OC)cc5)ccc4c3C(=O)c3ccc(OCCN4CCCCC4)cc3)cc2)cc1. The Balaban J connectivity index is 1.18. The summed E-state index contributed by atoms with van der Waals surface area (Å²) in [5, 5.41) is 0.591. The quantitative estimate of drug-likeness (QED) is 0.0734. The van der Waals surface area contributed by atoms with E-state index in [1.807, 2.05) is 0 Å². The molecule has 14 heteroatoms. The van der Waals surface area contributed by atoms with Gasteiger partial charge in [0.05, 0.1) is 14.2 Å². The van der Waals surface area contributed by atoms with Gasteiger partial charge in [-0.2, -0.15) is 16.8 Å². The average molecular weight is 814 g/mol. The maximum atomic E-state index is 14.4. The highest BCUT2D eigenvalue weighted by molar-refractivity contribution is 7.87. The molecule has 0 saturated carbocycles. The number of benzene rings is 5. The number of ether oxygens (including phenoxy) is 3. The fourth-order valence-electron chi connectivity index (χ4n) is 6.38. The molecule has 7 rings (SSSR count). The van der Waals surface area contributed by atoms with Gasteiger partial charge in [0.1, 0.15) is 45.1 Å². The molecule has 1 aliphatic rings. The van der Waals surface area contributed by atoms with Gasteiger partial charge >= 0.3 is 20.2 Å². The number of fused-ring (bicyclic) bond motifs is 1. The van der Waals surface area contributed by atoms with Crippen molar-refractivity contribution in [3.63, 3.8) is 0 Å². The molecule has 290 valence electrons. The first-order valence-electron chi connectivity index (χ1n) is 17.9. The molecule has 0 N–H and O–H groups in total. The molecule has 5 aromatic carbocycles. The minimum Gasteiger partial charge on any atom is -0.497 e. The summed E-state index contributed by atoms with van der Waals surface area (Å²) >= 11 is 1.28. The first-order valence-corrected chi connectivity index (χ1v) is 21.5. The number of carbonyl (C=O) groups excluding carboxylic acids is 1. The molecule has 0 spiro atoms. The van der Waals surface area contributed by atoms with E-state index < -0.39 is 20.2 Å². The first-order chi connectivity index (χ1) is 27.0. The summed E-state index contributed by atoms with van der Waals surface area (Å²) in [4.78, 5) is 17.3. The summed E-state index contributed by atoms with van der Waals surface area (Å²) in [7, 11) is -5.35. The molecule has 0 amide bonds. The van der Waals surface area contributed by atoms with Crippen LogP contribution >= 0.6 is 11.3 Å². The lowest BCUT2D eigenvalue weighted by molar-refractivity contribution is 0.104. The third-order valence-electron chi connectivity index (χ3n) is 9.35. The predicted molar refractivity (Wildman–Crippen MR) is 215 cm³/mol. The maximum Gasteiger partial charge on any atom is 0.339 e. The van der Waals surface area contributed by atoms with Crippen molar-refractivity contribution in [3.8, 4) is 39.2 Å². The molecular formula is C42H39NO10S3. The van der Waals surface area contributed by atoms with Crippen molar-refractivity contribution in [1.82, 2.24) is 4.90 Å². The molecule has 1 aliphatic heterocycles. The van der Waals surface area contributed by atoms with Crippen LogP contribution in [0.4, 0.5) is 0 Å². The molecule has 11 nitrogen and oxygen atoms in total. The summed E-state index contributed by atoms with van der Waals surface area (Å²) < 4.78 is 80.1. The van der Waals surface area contributed by atoms with Crippen LogP contribution in [0.3, 0.4) is 0 Å². The number of piperidine rings is 1. The Morgan fingerprint density at radius 1 is 0.625 bits per heavy atom. The van der Waals surface area contributed by atoms with Crippen molar-refractivity contribution in [2.24, 2.45) is 0 Å². The first kappa shape index (κ1) is 38.8. The molecule has 0 aliphatic carbocycles.